The molecule has 10 heteroatoms. The number of carboxylic acid groups (broad SMARTS) is 1. The number of hydrogen-bond donors (Lipinski definition) is 3. The van der Waals surface area contributed by atoms with Crippen LogP contribution in [0.3, 0.4) is 0 Å². The summed E-state index contributed by atoms with van der Waals surface area (Å²) in [7, 11) is 0. The lowest BCUT2D eigenvalue weighted by Gasteiger charge is -2.40. The van der Waals surface area contributed by atoms with E-state index in [1.54, 1.807) is 62.4 Å². The number of amides is 3. The molecule has 3 aromatic rings. The van der Waals surface area contributed by atoms with Gasteiger partial charge in [0.1, 0.15) is 12.1 Å². The molecule has 1 saturated heterocycles. The monoisotopic (exact) mass is 564 g/mol. The van der Waals surface area contributed by atoms with Crippen LogP contribution in [-0.2, 0) is 9.59 Å². The van der Waals surface area contributed by atoms with Crippen LogP contribution in [0.1, 0.15) is 51.4 Å². The van der Waals surface area contributed by atoms with Crippen LogP contribution >= 0.6 is 11.3 Å². The molecule has 9 nitrogen and oxygen atoms in total. The third kappa shape index (κ3) is 6.18. The molecule has 0 radical (unpaired) electrons. The van der Waals surface area contributed by atoms with Gasteiger partial charge in [0.05, 0.1) is 28.2 Å². The first-order valence-corrected chi connectivity index (χ1v) is 14.1. The minimum atomic E-state index is -1.27. The molecule has 1 fully saturated rings. The molecule has 0 aliphatic carbocycles. The fourth-order valence-corrected chi connectivity index (χ4v) is 6.00. The summed E-state index contributed by atoms with van der Waals surface area (Å²) in [4.78, 5) is 47.7. The number of aliphatic hydroxyl groups is 1. The number of nitrogens with one attached hydrogen (secondary N) is 1. The topological polar surface area (TPSA) is 123 Å². The number of rotatable bonds is 7. The van der Waals surface area contributed by atoms with Gasteiger partial charge in [0.25, 0.3) is 0 Å². The van der Waals surface area contributed by atoms with Gasteiger partial charge in [-0.2, -0.15) is 0 Å². The molecular weight excluding hydrogens is 528 g/mol. The zero-order chi connectivity index (χ0) is 29.2. The lowest BCUT2D eigenvalue weighted by molar-refractivity contribution is -0.141. The summed E-state index contributed by atoms with van der Waals surface area (Å²) in [6, 6.07) is 13.9. The molecule has 3 N–H and O–H groups in total. The Morgan fingerprint density at radius 2 is 1.75 bits per heavy atom. The van der Waals surface area contributed by atoms with Gasteiger partial charge in [-0.05, 0) is 42.5 Å². The zero-order valence-corrected chi connectivity index (χ0v) is 24.2. The number of nitrogens with zero attached hydrogens (tertiary/aromatic N) is 3. The van der Waals surface area contributed by atoms with Crippen molar-refractivity contribution in [2.75, 3.05) is 11.4 Å². The van der Waals surface area contributed by atoms with Crippen molar-refractivity contribution in [2.24, 2.45) is 5.41 Å². The summed E-state index contributed by atoms with van der Waals surface area (Å²) in [5, 5.41) is 23.6. The maximum absolute atomic E-state index is 14.0. The molecule has 0 spiro atoms. The highest BCUT2D eigenvalue weighted by Crippen LogP contribution is 2.33. The lowest BCUT2D eigenvalue weighted by Crippen LogP contribution is -2.59. The number of hydrogen-bond acceptors (Lipinski definition) is 6. The number of aliphatic hydroxyl groups excluding tert-OH is 1. The molecule has 0 saturated carbocycles. The number of benzene rings is 2. The molecule has 212 valence electrons. The number of carbonyl (C=O) groups is 3. The molecule has 0 bridgehead atoms. The average Bonchev–Trinajstić information content (AvgIpc) is 3.51. The third-order valence-electron chi connectivity index (χ3n) is 7.19. The van der Waals surface area contributed by atoms with Gasteiger partial charge in [0, 0.05) is 18.7 Å². The van der Waals surface area contributed by atoms with E-state index in [0.29, 0.717) is 5.69 Å². The maximum atomic E-state index is 14.0. The highest BCUT2D eigenvalue weighted by molar-refractivity contribution is 7.13. The zero-order valence-electron chi connectivity index (χ0n) is 23.4. The van der Waals surface area contributed by atoms with Gasteiger partial charge in [-0.3, -0.25) is 14.5 Å². The SMILES string of the molecule is Cc1ncsc1-c1ccc(C(C)NC(=O)[C@@H]2C[C@@H](O)CN2C(=O)C(N(C(=O)O)c2ccccc2)C(C)(C)C)cc1. The Hall–Kier alpha value is -3.76. The Morgan fingerprint density at radius 3 is 2.30 bits per heavy atom. The van der Waals surface area contributed by atoms with E-state index >= 15 is 0 Å². The van der Waals surface area contributed by atoms with Gasteiger partial charge in [0.15, 0.2) is 0 Å². The van der Waals surface area contributed by atoms with Crippen molar-refractivity contribution in [1.82, 2.24) is 15.2 Å². The third-order valence-corrected chi connectivity index (χ3v) is 8.17. The predicted octanol–water partition coefficient (Wildman–Crippen LogP) is 4.86. The van der Waals surface area contributed by atoms with Gasteiger partial charge in [-0.1, -0.05) is 63.2 Å². The molecule has 2 heterocycles. The number of aryl methyl sites for hydroxylation is 1. The van der Waals surface area contributed by atoms with Crippen molar-refractivity contribution in [3.05, 3.63) is 71.4 Å². The van der Waals surface area contributed by atoms with Crippen LogP contribution < -0.4 is 10.2 Å². The minimum absolute atomic E-state index is 0.0526. The predicted molar refractivity (Wildman–Crippen MR) is 155 cm³/mol. The van der Waals surface area contributed by atoms with Crippen molar-refractivity contribution >= 4 is 34.9 Å². The number of carbonyl (C=O) groups excluding carboxylic acids is 2. The van der Waals surface area contributed by atoms with E-state index in [9.17, 15) is 24.6 Å². The fourth-order valence-electron chi connectivity index (χ4n) is 5.18. The number of aromatic nitrogens is 1. The van der Waals surface area contributed by atoms with Crippen LogP contribution in [0.4, 0.5) is 10.5 Å². The van der Waals surface area contributed by atoms with E-state index in [1.807, 2.05) is 43.6 Å². The van der Waals surface area contributed by atoms with Crippen molar-refractivity contribution < 1.29 is 24.6 Å². The molecule has 3 amide bonds. The molecule has 1 aromatic heterocycles. The highest BCUT2D eigenvalue weighted by Gasteiger charge is 2.47. The Balaban J connectivity index is 1.55. The average molecular weight is 565 g/mol. The Kier molecular flexibility index (Phi) is 8.60. The maximum Gasteiger partial charge on any atom is 0.412 e. The van der Waals surface area contributed by atoms with Crippen molar-refractivity contribution in [3.63, 3.8) is 0 Å². The summed E-state index contributed by atoms with van der Waals surface area (Å²) in [6.07, 6.45) is -2.10. The van der Waals surface area contributed by atoms with Crippen molar-refractivity contribution in [1.29, 1.82) is 0 Å². The number of likely N-dealkylation sites (tertiary alicyclic amines) is 1. The quantitative estimate of drug-likeness (QED) is 0.377. The van der Waals surface area contributed by atoms with Gasteiger partial charge < -0.3 is 20.4 Å². The second kappa shape index (κ2) is 11.8. The van der Waals surface area contributed by atoms with E-state index in [1.165, 1.54) is 4.90 Å². The summed E-state index contributed by atoms with van der Waals surface area (Å²) in [5.74, 6) is -0.915. The molecule has 4 rings (SSSR count). The molecule has 4 atom stereocenters. The highest BCUT2D eigenvalue weighted by atomic mass is 32.1. The van der Waals surface area contributed by atoms with Gasteiger partial charge >= 0.3 is 6.09 Å². The lowest BCUT2D eigenvalue weighted by atomic mass is 9.84. The molecular formula is C30H36N4O5S. The first-order chi connectivity index (χ1) is 18.9. The van der Waals surface area contributed by atoms with Crippen molar-refractivity contribution in [3.8, 4) is 10.4 Å². The number of anilines is 1. The Bertz CT molecular complexity index is 1350. The largest absolute Gasteiger partial charge is 0.465 e. The minimum Gasteiger partial charge on any atom is -0.465 e. The number of β-amino-alcohol motifs (C(OH)–C–C–N with tert-alkyl or cyclic N) is 1. The normalized spacial score (nSPS) is 18.7. The molecule has 2 aromatic carbocycles. The van der Waals surface area contributed by atoms with Crippen LogP contribution in [-0.4, -0.2) is 62.7 Å². The summed E-state index contributed by atoms with van der Waals surface area (Å²) < 4.78 is 0. The second-order valence-corrected chi connectivity index (χ2v) is 12.1. The smallest absolute Gasteiger partial charge is 0.412 e. The standard InChI is InChI=1S/C30H36N4O5S/c1-18(20-11-13-21(14-12-20)25-19(2)31-17-40-25)32-27(36)24-15-23(35)16-33(24)28(37)26(30(3,4)5)34(29(38)39)22-9-7-6-8-10-22/h6-14,17-18,23-24,26,35H,15-16H2,1-5H3,(H,32,36)(H,38,39)/t18?,23-,24+,26?/m1/s1. The number of thiazole rings is 1. The summed E-state index contributed by atoms with van der Waals surface area (Å²) >= 11 is 1.57. The van der Waals surface area contributed by atoms with Crippen LogP contribution in [0, 0.1) is 12.3 Å². The molecule has 40 heavy (non-hydrogen) atoms. The van der Waals surface area contributed by atoms with Crippen LogP contribution in [0.5, 0.6) is 0 Å². The first kappa shape index (κ1) is 29.2. The fraction of sp³-hybridized carbons (Fsp3) is 0.400. The first-order valence-electron chi connectivity index (χ1n) is 13.2. The Morgan fingerprint density at radius 1 is 1.10 bits per heavy atom. The second-order valence-electron chi connectivity index (χ2n) is 11.3. The Labute approximate surface area is 238 Å². The van der Waals surface area contributed by atoms with Crippen LogP contribution in [0.15, 0.2) is 60.1 Å². The summed E-state index contributed by atoms with van der Waals surface area (Å²) in [5.41, 5.74) is 4.27. The van der Waals surface area contributed by atoms with E-state index in [4.69, 9.17) is 0 Å². The van der Waals surface area contributed by atoms with Gasteiger partial charge in [0.2, 0.25) is 11.8 Å². The summed E-state index contributed by atoms with van der Waals surface area (Å²) in [6.45, 7) is 9.14. The van der Waals surface area contributed by atoms with E-state index < -0.39 is 41.5 Å². The molecule has 2 unspecified atom stereocenters. The van der Waals surface area contributed by atoms with E-state index in [2.05, 4.69) is 10.3 Å². The van der Waals surface area contributed by atoms with Crippen molar-refractivity contribution in [2.45, 2.75) is 65.3 Å². The molecule has 1 aliphatic heterocycles. The number of para-hydroxylation sites is 1. The van der Waals surface area contributed by atoms with Crippen LogP contribution in [0.2, 0.25) is 0 Å². The van der Waals surface area contributed by atoms with E-state index in [0.717, 1.165) is 26.6 Å². The van der Waals surface area contributed by atoms with E-state index in [-0.39, 0.29) is 19.0 Å². The van der Waals surface area contributed by atoms with Gasteiger partial charge in [-0.25, -0.2) is 9.78 Å². The van der Waals surface area contributed by atoms with Gasteiger partial charge in [-0.15, -0.1) is 11.3 Å². The molecule has 1 aliphatic rings. The van der Waals surface area contributed by atoms with Crippen LogP contribution in [0.25, 0.3) is 10.4 Å².